The maximum Gasteiger partial charge on any atom is 0.258 e. The molecule has 2 aromatic rings. The van der Waals surface area contributed by atoms with E-state index in [2.05, 4.69) is 31.9 Å². The van der Waals surface area contributed by atoms with E-state index >= 15 is 0 Å². The molecule has 3 N–H and O–H groups in total. The molecule has 23 heavy (non-hydrogen) atoms. The van der Waals surface area contributed by atoms with Crippen LogP contribution in [0.5, 0.6) is 0 Å². The lowest BCUT2D eigenvalue weighted by Crippen LogP contribution is -2.22. The molecule has 0 spiro atoms. The Morgan fingerprint density at radius 1 is 0.870 bits per heavy atom. The van der Waals surface area contributed by atoms with Crippen LogP contribution in [0.3, 0.4) is 0 Å². The van der Waals surface area contributed by atoms with Crippen molar-refractivity contribution in [2.75, 3.05) is 19.4 Å². The molecular formula is C15H14BrN3O4. The molecule has 0 radical (unpaired) electrons. The van der Waals surface area contributed by atoms with Crippen molar-refractivity contribution in [3.8, 4) is 0 Å². The summed E-state index contributed by atoms with van der Waals surface area (Å²) >= 11 is 3.11. The minimum atomic E-state index is -0.420. The quantitative estimate of drug-likeness (QED) is 0.756. The van der Waals surface area contributed by atoms with Gasteiger partial charge in [-0.15, -0.1) is 0 Å². The fraction of sp³-hybridized carbons (Fsp3) is 0.133. The summed E-state index contributed by atoms with van der Waals surface area (Å²) in [7, 11) is 2.96. The second-order valence-electron chi connectivity index (χ2n) is 4.55. The number of anilines is 1. The van der Waals surface area contributed by atoms with Crippen LogP contribution in [0.2, 0.25) is 0 Å². The summed E-state index contributed by atoms with van der Waals surface area (Å²) in [5.74, 6) is -1.15. The maximum absolute atomic E-state index is 12.1. The number of benzene rings is 1. The van der Waals surface area contributed by atoms with Crippen molar-refractivity contribution in [1.29, 1.82) is 0 Å². The van der Waals surface area contributed by atoms with E-state index in [0.717, 1.165) is 0 Å². The van der Waals surface area contributed by atoms with Crippen LogP contribution in [0.15, 0.2) is 39.6 Å². The van der Waals surface area contributed by atoms with E-state index < -0.39 is 5.91 Å². The van der Waals surface area contributed by atoms with Crippen LogP contribution < -0.4 is 16.0 Å². The smallest absolute Gasteiger partial charge is 0.258 e. The Morgan fingerprint density at radius 2 is 1.43 bits per heavy atom. The average Bonchev–Trinajstić information content (AvgIpc) is 2.99. The number of amides is 3. The first-order chi connectivity index (χ1) is 10.9. The van der Waals surface area contributed by atoms with Gasteiger partial charge in [-0.25, -0.2) is 0 Å². The second kappa shape index (κ2) is 7.10. The molecule has 0 saturated carbocycles. The lowest BCUT2D eigenvalue weighted by Gasteiger charge is -2.09. The molecular weight excluding hydrogens is 366 g/mol. The van der Waals surface area contributed by atoms with Gasteiger partial charge in [-0.3, -0.25) is 14.4 Å². The van der Waals surface area contributed by atoms with Crippen molar-refractivity contribution < 1.29 is 18.8 Å². The molecule has 7 nitrogen and oxygen atoms in total. The van der Waals surface area contributed by atoms with Crippen LogP contribution >= 0.6 is 15.9 Å². The predicted octanol–water partition coefficient (Wildman–Crippen LogP) is 2.01. The topological polar surface area (TPSA) is 100 Å². The Morgan fingerprint density at radius 3 is 1.87 bits per heavy atom. The van der Waals surface area contributed by atoms with Gasteiger partial charge in [0.15, 0.2) is 4.67 Å². The Kier molecular flexibility index (Phi) is 5.17. The summed E-state index contributed by atoms with van der Waals surface area (Å²) in [6, 6.07) is 5.93. The third-order valence-electron chi connectivity index (χ3n) is 3.00. The SMILES string of the molecule is CNC(=O)c1cc(NC(=O)c2coc(Br)c2)cc(C(=O)NC)c1. The summed E-state index contributed by atoms with van der Waals surface area (Å²) in [4.78, 5) is 35.8. The third kappa shape index (κ3) is 3.98. The highest BCUT2D eigenvalue weighted by Crippen LogP contribution is 2.19. The van der Waals surface area contributed by atoms with Gasteiger partial charge in [0.25, 0.3) is 17.7 Å². The van der Waals surface area contributed by atoms with E-state index in [4.69, 9.17) is 4.42 Å². The van der Waals surface area contributed by atoms with Crippen LogP contribution in [0.1, 0.15) is 31.1 Å². The number of hydrogen-bond acceptors (Lipinski definition) is 4. The summed E-state index contributed by atoms with van der Waals surface area (Å²) in [5.41, 5.74) is 1.16. The fourth-order valence-corrected chi connectivity index (χ4v) is 2.22. The van der Waals surface area contributed by atoms with Crippen LogP contribution in [0.4, 0.5) is 5.69 Å². The Labute approximate surface area is 140 Å². The highest BCUT2D eigenvalue weighted by atomic mass is 79.9. The minimum absolute atomic E-state index is 0.261. The van der Waals surface area contributed by atoms with Gasteiger partial charge >= 0.3 is 0 Å². The number of nitrogens with one attached hydrogen (secondary N) is 3. The summed E-state index contributed by atoms with van der Waals surface area (Å²) in [6.45, 7) is 0. The molecule has 2 rings (SSSR count). The van der Waals surface area contributed by atoms with Gasteiger partial charge in [0.2, 0.25) is 0 Å². The molecule has 8 heteroatoms. The highest BCUT2D eigenvalue weighted by molar-refractivity contribution is 9.10. The molecule has 1 heterocycles. The lowest BCUT2D eigenvalue weighted by atomic mass is 10.1. The molecule has 1 aromatic carbocycles. The number of furan rings is 1. The molecule has 0 fully saturated rings. The molecule has 3 amide bonds. The van der Waals surface area contributed by atoms with Crippen LogP contribution in [0, 0.1) is 0 Å². The highest BCUT2D eigenvalue weighted by Gasteiger charge is 2.14. The summed E-state index contributed by atoms with van der Waals surface area (Å²) < 4.78 is 5.43. The van der Waals surface area contributed by atoms with Crippen molar-refractivity contribution >= 4 is 39.3 Å². The van der Waals surface area contributed by atoms with Gasteiger partial charge in [0, 0.05) is 37.0 Å². The van der Waals surface area contributed by atoms with Crippen molar-refractivity contribution in [3.05, 3.63) is 51.9 Å². The monoisotopic (exact) mass is 379 g/mol. The molecule has 0 aliphatic rings. The van der Waals surface area contributed by atoms with Gasteiger partial charge in [-0.05, 0) is 34.1 Å². The second-order valence-corrected chi connectivity index (χ2v) is 5.33. The number of hydrogen-bond donors (Lipinski definition) is 3. The van der Waals surface area contributed by atoms with Gasteiger partial charge < -0.3 is 20.4 Å². The third-order valence-corrected chi connectivity index (χ3v) is 3.41. The van der Waals surface area contributed by atoms with E-state index in [1.165, 1.54) is 44.6 Å². The van der Waals surface area contributed by atoms with Gasteiger partial charge in [-0.2, -0.15) is 0 Å². The van der Waals surface area contributed by atoms with Gasteiger partial charge in [0.05, 0.1) is 5.56 Å². The van der Waals surface area contributed by atoms with Crippen molar-refractivity contribution in [2.24, 2.45) is 0 Å². The average molecular weight is 380 g/mol. The van der Waals surface area contributed by atoms with E-state index in [-0.39, 0.29) is 22.9 Å². The first-order valence-electron chi connectivity index (χ1n) is 6.59. The lowest BCUT2D eigenvalue weighted by molar-refractivity contribution is 0.0960. The normalized spacial score (nSPS) is 10.0. The summed E-state index contributed by atoms with van der Waals surface area (Å²) in [6.07, 6.45) is 1.29. The van der Waals surface area contributed by atoms with Crippen LogP contribution in [0.25, 0.3) is 0 Å². The standard InChI is InChI=1S/C15H14BrN3O4/c1-17-13(20)8-3-9(14(21)18-2)5-11(4-8)19-15(22)10-6-12(16)23-7-10/h3-7H,1-2H3,(H,17,20)(H,18,21)(H,19,22). The summed E-state index contributed by atoms with van der Waals surface area (Å²) in [5, 5.41) is 7.58. The van der Waals surface area contributed by atoms with Gasteiger partial charge in [-0.1, -0.05) is 0 Å². The number of carbonyl (C=O) groups excluding carboxylic acids is 3. The largest absolute Gasteiger partial charge is 0.457 e. The number of rotatable bonds is 4. The molecule has 0 unspecified atom stereocenters. The van der Waals surface area contributed by atoms with E-state index in [0.29, 0.717) is 15.9 Å². The maximum atomic E-state index is 12.1. The first-order valence-corrected chi connectivity index (χ1v) is 7.38. The van der Waals surface area contributed by atoms with Crippen LogP contribution in [-0.2, 0) is 0 Å². The number of halogens is 1. The van der Waals surface area contributed by atoms with Crippen molar-refractivity contribution in [2.45, 2.75) is 0 Å². The fourth-order valence-electron chi connectivity index (χ4n) is 1.88. The molecule has 120 valence electrons. The molecule has 0 aliphatic carbocycles. The zero-order valence-electron chi connectivity index (χ0n) is 12.4. The van der Waals surface area contributed by atoms with Gasteiger partial charge in [0.1, 0.15) is 6.26 Å². The minimum Gasteiger partial charge on any atom is -0.457 e. The van der Waals surface area contributed by atoms with E-state index in [9.17, 15) is 14.4 Å². The molecule has 1 aromatic heterocycles. The Balaban J connectivity index is 2.34. The molecule has 0 aliphatic heterocycles. The Hall–Kier alpha value is -2.61. The van der Waals surface area contributed by atoms with E-state index in [1.807, 2.05) is 0 Å². The Bertz CT molecular complexity index is 736. The molecule has 0 atom stereocenters. The molecule has 0 saturated heterocycles. The predicted molar refractivity (Wildman–Crippen MR) is 87.6 cm³/mol. The van der Waals surface area contributed by atoms with E-state index in [1.54, 1.807) is 0 Å². The zero-order chi connectivity index (χ0) is 17.0. The van der Waals surface area contributed by atoms with Crippen LogP contribution in [-0.4, -0.2) is 31.8 Å². The zero-order valence-corrected chi connectivity index (χ0v) is 14.0. The van der Waals surface area contributed by atoms with Crippen molar-refractivity contribution in [1.82, 2.24) is 10.6 Å². The molecule has 0 bridgehead atoms. The first kappa shape index (κ1) is 16.8. The number of carbonyl (C=O) groups is 3. The van der Waals surface area contributed by atoms with Crippen molar-refractivity contribution in [3.63, 3.8) is 0 Å².